The minimum atomic E-state index is 0.258. The molecule has 0 amide bonds. The fourth-order valence-electron chi connectivity index (χ4n) is 2.37. The fourth-order valence-corrected chi connectivity index (χ4v) is 2.37. The van der Waals surface area contributed by atoms with Gasteiger partial charge in [-0.3, -0.25) is 4.68 Å². The molecule has 0 bridgehead atoms. The van der Waals surface area contributed by atoms with Crippen molar-refractivity contribution in [2.24, 2.45) is 7.05 Å². The zero-order valence-electron chi connectivity index (χ0n) is 9.27. The van der Waals surface area contributed by atoms with Gasteiger partial charge in [0.05, 0.1) is 11.7 Å². The molecule has 0 aliphatic carbocycles. The van der Waals surface area contributed by atoms with Crippen LogP contribution in [0, 0.1) is 6.20 Å². The predicted octanol–water partition coefficient (Wildman–Crippen LogP) is 1.46. The quantitative estimate of drug-likeness (QED) is 0.775. The van der Waals surface area contributed by atoms with Crippen molar-refractivity contribution in [2.75, 3.05) is 6.54 Å². The largest absolute Gasteiger partial charge is 0.305 e. The third kappa shape index (κ3) is 1.44. The van der Waals surface area contributed by atoms with Crippen LogP contribution < -0.4 is 5.32 Å². The van der Waals surface area contributed by atoms with Crippen LogP contribution in [0.25, 0.3) is 0 Å². The molecule has 1 N–H and O–H groups in total. The molecular formula is C13H14N3. The van der Waals surface area contributed by atoms with Gasteiger partial charge in [0, 0.05) is 13.6 Å². The number of hydrogen-bond donors (Lipinski definition) is 1. The van der Waals surface area contributed by atoms with Crippen molar-refractivity contribution in [1.82, 2.24) is 15.1 Å². The lowest BCUT2D eigenvalue weighted by Gasteiger charge is -2.26. The summed E-state index contributed by atoms with van der Waals surface area (Å²) in [4.78, 5) is 0. The molecule has 0 saturated carbocycles. The lowest BCUT2D eigenvalue weighted by Crippen LogP contribution is -2.31. The molecule has 0 fully saturated rings. The van der Waals surface area contributed by atoms with E-state index in [1.54, 1.807) is 0 Å². The third-order valence-electron chi connectivity index (χ3n) is 3.20. The number of hydrogen-bond acceptors (Lipinski definition) is 2. The zero-order chi connectivity index (χ0) is 11.0. The summed E-state index contributed by atoms with van der Waals surface area (Å²) < 4.78 is 1.89. The van der Waals surface area contributed by atoms with Gasteiger partial charge in [-0.05, 0) is 23.6 Å². The van der Waals surface area contributed by atoms with E-state index in [0.29, 0.717) is 0 Å². The summed E-state index contributed by atoms with van der Waals surface area (Å²) in [5.41, 5.74) is 3.98. The Morgan fingerprint density at radius 2 is 2.31 bits per heavy atom. The molecule has 1 aliphatic heterocycles. The fraction of sp³-hybridized carbons (Fsp3) is 0.308. The Kier molecular flexibility index (Phi) is 2.26. The maximum absolute atomic E-state index is 4.12. The summed E-state index contributed by atoms with van der Waals surface area (Å²) in [5, 5.41) is 7.65. The number of fused-ring (bicyclic) bond motifs is 1. The molecule has 3 nitrogen and oxygen atoms in total. The van der Waals surface area contributed by atoms with Crippen molar-refractivity contribution in [3.05, 3.63) is 53.3 Å². The summed E-state index contributed by atoms with van der Waals surface area (Å²) >= 11 is 0. The van der Waals surface area contributed by atoms with Gasteiger partial charge in [0.2, 0.25) is 0 Å². The van der Waals surface area contributed by atoms with Crippen molar-refractivity contribution in [3.63, 3.8) is 0 Å². The van der Waals surface area contributed by atoms with Gasteiger partial charge >= 0.3 is 0 Å². The Balaban J connectivity index is 2.08. The average molecular weight is 212 g/mol. The highest BCUT2D eigenvalue weighted by Crippen LogP contribution is 2.27. The molecule has 16 heavy (non-hydrogen) atoms. The van der Waals surface area contributed by atoms with E-state index in [1.165, 1.54) is 16.8 Å². The van der Waals surface area contributed by atoms with Crippen LogP contribution in [0.2, 0.25) is 0 Å². The van der Waals surface area contributed by atoms with E-state index >= 15 is 0 Å². The number of aryl methyl sites for hydroxylation is 1. The highest BCUT2D eigenvalue weighted by molar-refractivity contribution is 5.37. The second-order valence-electron chi connectivity index (χ2n) is 4.16. The van der Waals surface area contributed by atoms with E-state index in [-0.39, 0.29) is 6.04 Å². The van der Waals surface area contributed by atoms with E-state index in [0.717, 1.165) is 13.0 Å². The van der Waals surface area contributed by atoms with Crippen molar-refractivity contribution in [3.8, 4) is 0 Å². The second-order valence-corrected chi connectivity index (χ2v) is 4.16. The molecular weight excluding hydrogens is 198 g/mol. The SMILES string of the molecule is Cn1n[c]cc1C1NCCc2ccccc21. The third-order valence-corrected chi connectivity index (χ3v) is 3.20. The van der Waals surface area contributed by atoms with Crippen LogP contribution in [0.5, 0.6) is 0 Å². The maximum Gasteiger partial charge on any atom is 0.113 e. The van der Waals surface area contributed by atoms with Crippen molar-refractivity contribution in [2.45, 2.75) is 12.5 Å². The lowest BCUT2D eigenvalue weighted by atomic mass is 9.92. The van der Waals surface area contributed by atoms with E-state index < -0.39 is 0 Å². The molecule has 0 saturated heterocycles. The molecule has 1 aromatic carbocycles. The van der Waals surface area contributed by atoms with Crippen LogP contribution in [0.15, 0.2) is 30.3 Å². The summed E-state index contributed by atoms with van der Waals surface area (Å²) in [5.74, 6) is 0. The smallest absolute Gasteiger partial charge is 0.113 e. The zero-order valence-corrected chi connectivity index (χ0v) is 9.27. The molecule has 1 aliphatic rings. The number of nitrogens with zero attached hydrogens (tertiary/aromatic N) is 2. The Bertz CT molecular complexity index is 501. The Morgan fingerprint density at radius 3 is 3.12 bits per heavy atom. The van der Waals surface area contributed by atoms with Crippen molar-refractivity contribution in [1.29, 1.82) is 0 Å². The molecule has 1 atom stereocenters. The summed E-state index contributed by atoms with van der Waals surface area (Å²) in [6.45, 7) is 1.02. The molecule has 3 rings (SSSR count). The predicted molar refractivity (Wildman–Crippen MR) is 62.0 cm³/mol. The molecule has 81 valence electrons. The van der Waals surface area contributed by atoms with Crippen LogP contribution in [0.1, 0.15) is 22.9 Å². The van der Waals surface area contributed by atoms with Gasteiger partial charge in [0.25, 0.3) is 0 Å². The van der Waals surface area contributed by atoms with E-state index in [1.807, 2.05) is 17.8 Å². The first-order chi connectivity index (χ1) is 7.86. The summed E-state index contributed by atoms with van der Waals surface area (Å²) in [6, 6.07) is 10.8. The minimum Gasteiger partial charge on any atom is -0.305 e. The van der Waals surface area contributed by atoms with Gasteiger partial charge in [-0.2, -0.15) is 5.10 Å². The number of rotatable bonds is 1. The second kappa shape index (κ2) is 3.76. The Morgan fingerprint density at radius 1 is 1.44 bits per heavy atom. The van der Waals surface area contributed by atoms with Gasteiger partial charge in [-0.15, -0.1) is 0 Å². The normalized spacial score (nSPS) is 19.4. The summed E-state index contributed by atoms with van der Waals surface area (Å²) in [6.07, 6.45) is 4.00. The molecule has 0 spiro atoms. The highest BCUT2D eigenvalue weighted by atomic mass is 15.3. The molecule has 1 radical (unpaired) electrons. The topological polar surface area (TPSA) is 29.9 Å². The first kappa shape index (κ1) is 9.60. The Labute approximate surface area is 95.1 Å². The van der Waals surface area contributed by atoms with Gasteiger partial charge in [0.1, 0.15) is 6.20 Å². The minimum absolute atomic E-state index is 0.258. The van der Waals surface area contributed by atoms with Crippen LogP contribution in [0.4, 0.5) is 0 Å². The van der Waals surface area contributed by atoms with Gasteiger partial charge in [-0.25, -0.2) is 0 Å². The van der Waals surface area contributed by atoms with Crippen molar-refractivity contribution < 1.29 is 0 Å². The van der Waals surface area contributed by atoms with Gasteiger partial charge in [0.15, 0.2) is 0 Å². The number of benzene rings is 1. The van der Waals surface area contributed by atoms with Crippen LogP contribution in [0.3, 0.4) is 0 Å². The summed E-state index contributed by atoms with van der Waals surface area (Å²) in [7, 11) is 1.96. The van der Waals surface area contributed by atoms with E-state index in [2.05, 4.69) is 40.9 Å². The van der Waals surface area contributed by atoms with Crippen molar-refractivity contribution >= 4 is 0 Å². The molecule has 2 aromatic rings. The standard InChI is InChI=1S/C13H14N3/c1-16-12(7-9-15-16)13-11-5-3-2-4-10(11)6-8-14-13/h2-5,7,13-14H,6,8H2,1H3. The van der Waals surface area contributed by atoms with Gasteiger partial charge in [-0.1, -0.05) is 24.3 Å². The number of aromatic nitrogens is 2. The lowest BCUT2D eigenvalue weighted by molar-refractivity contribution is 0.529. The number of nitrogens with one attached hydrogen (secondary N) is 1. The first-order valence-electron chi connectivity index (χ1n) is 5.57. The average Bonchev–Trinajstić information content (AvgIpc) is 2.75. The van der Waals surface area contributed by atoms with Crippen LogP contribution >= 0.6 is 0 Å². The monoisotopic (exact) mass is 212 g/mol. The first-order valence-corrected chi connectivity index (χ1v) is 5.57. The molecule has 1 aromatic heterocycles. The molecule has 2 heterocycles. The van der Waals surface area contributed by atoms with Crippen LogP contribution in [-0.2, 0) is 13.5 Å². The Hall–Kier alpha value is -1.61. The maximum atomic E-state index is 4.12. The van der Waals surface area contributed by atoms with Gasteiger partial charge < -0.3 is 5.32 Å². The van der Waals surface area contributed by atoms with Crippen LogP contribution in [-0.4, -0.2) is 16.3 Å². The molecule has 1 unspecified atom stereocenters. The van der Waals surface area contributed by atoms with E-state index in [9.17, 15) is 0 Å². The highest BCUT2D eigenvalue weighted by Gasteiger charge is 2.22. The van der Waals surface area contributed by atoms with E-state index in [4.69, 9.17) is 0 Å². The molecule has 3 heteroatoms.